The molecule has 0 saturated heterocycles. The molecule has 0 bridgehead atoms. The molecule has 0 saturated carbocycles. The number of alkyl halides is 2. The van der Waals surface area contributed by atoms with Gasteiger partial charge in [0.25, 0.3) is 12.0 Å². The molecule has 0 atom stereocenters. The topological polar surface area (TPSA) is 56.6 Å². The molecule has 0 amide bonds. The number of aryl methyl sites for hydroxylation is 1. The first-order chi connectivity index (χ1) is 6.06. The number of rotatable bonds is 1. The number of nitrogens with zero attached hydrogens (tertiary/aromatic N) is 1. The molecular weight excluding hydrogens is 178 g/mol. The second-order valence-electron chi connectivity index (χ2n) is 2.52. The minimum absolute atomic E-state index is 0.0226. The lowest BCUT2D eigenvalue weighted by Gasteiger charge is -2.00. The lowest BCUT2D eigenvalue weighted by Crippen LogP contribution is -2.15. The highest BCUT2D eigenvalue weighted by atomic mass is 19.3. The van der Waals surface area contributed by atoms with Crippen molar-refractivity contribution in [3.05, 3.63) is 33.2 Å². The smallest absolute Gasteiger partial charge is 0.269 e. The number of aromatic nitrogens is 1. The van der Waals surface area contributed by atoms with Gasteiger partial charge in [0.05, 0.1) is 5.56 Å². The van der Waals surface area contributed by atoms with Gasteiger partial charge in [0.1, 0.15) is 11.8 Å². The van der Waals surface area contributed by atoms with Gasteiger partial charge in [-0.15, -0.1) is 0 Å². The normalized spacial score (nSPS) is 10.1. The molecule has 13 heavy (non-hydrogen) atoms. The molecule has 5 heteroatoms. The van der Waals surface area contributed by atoms with Crippen LogP contribution in [0.25, 0.3) is 0 Å². The standard InChI is InChI=1S/C8H6F2N2O/c1-4-2-5(7(9)10)8(13)12-6(4)3-11/h2,7H,1H3,(H,12,13). The molecule has 1 heterocycles. The van der Waals surface area contributed by atoms with Gasteiger partial charge in [0.2, 0.25) is 0 Å². The highest BCUT2D eigenvalue weighted by molar-refractivity contribution is 5.32. The van der Waals surface area contributed by atoms with Crippen LogP contribution in [0.1, 0.15) is 23.2 Å². The van der Waals surface area contributed by atoms with Gasteiger partial charge >= 0.3 is 0 Å². The number of hydrogen-bond donors (Lipinski definition) is 1. The van der Waals surface area contributed by atoms with Crippen molar-refractivity contribution in [2.24, 2.45) is 0 Å². The Hall–Kier alpha value is -1.70. The van der Waals surface area contributed by atoms with Crippen LogP contribution >= 0.6 is 0 Å². The molecule has 0 radical (unpaired) electrons. The molecule has 0 aliphatic carbocycles. The Kier molecular flexibility index (Phi) is 2.42. The number of halogens is 2. The average Bonchev–Trinajstić information content (AvgIpc) is 2.07. The molecule has 3 nitrogen and oxygen atoms in total. The average molecular weight is 184 g/mol. The molecule has 1 N–H and O–H groups in total. The van der Waals surface area contributed by atoms with Crippen molar-refractivity contribution in [3.63, 3.8) is 0 Å². The second kappa shape index (κ2) is 3.35. The zero-order valence-electron chi connectivity index (χ0n) is 6.77. The number of hydrogen-bond acceptors (Lipinski definition) is 2. The molecule has 68 valence electrons. The Labute approximate surface area is 72.6 Å². The van der Waals surface area contributed by atoms with Crippen LogP contribution in [0.4, 0.5) is 8.78 Å². The fourth-order valence-corrected chi connectivity index (χ4v) is 0.933. The number of pyridine rings is 1. The minimum Gasteiger partial charge on any atom is -0.313 e. The predicted octanol–water partition coefficient (Wildman–Crippen LogP) is 1.49. The zero-order chi connectivity index (χ0) is 10.0. The van der Waals surface area contributed by atoms with E-state index in [1.54, 1.807) is 6.07 Å². The summed E-state index contributed by atoms with van der Waals surface area (Å²) < 4.78 is 24.3. The van der Waals surface area contributed by atoms with E-state index >= 15 is 0 Å². The van der Waals surface area contributed by atoms with Crippen molar-refractivity contribution in [2.45, 2.75) is 13.3 Å². The van der Waals surface area contributed by atoms with Crippen molar-refractivity contribution in [3.8, 4) is 6.07 Å². The first-order valence-electron chi connectivity index (χ1n) is 3.48. The SMILES string of the molecule is Cc1cc(C(F)F)c(=O)[nH]c1C#N. The summed E-state index contributed by atoms with van der Waals surface area (Å²) in [5.41, 5.74) is -1.14. The molecule has 0 spiro atoms. The van der Waals surface area contributed by atoms with Crippen molar-refractivity contribution < 1.29 is 8.78 Å². The van der Waals surface area contributed by atoms with Gasteiger partial charge in [-0.05, 0) is 18.6 Å². The van der Waals surface area contributed by atoms with Crippen LogP contribution in [0.2, 0.25) is 0 Å². The number of H-pyrrole nitrogens is 1. The first-order valence-corrected chi connectivity index (χ1v) is 3.48. The van der Waals surface area contributed by atoms with E-state index < -0.39 is 17.5 Å². The van der Waals surface area contributed by atoms with Gasteiger partial charge in [0.15, 0.2) is 0 Å². The molecular formula is C8H6F2N2O. The zero-order valence-corrected chi connectivity index (χ0v) is 6.77. The van der Waals surface area contributed by atoms with E-state index in [4.69, 9.17) is 5.26 Å². The van der Waals surface area contributed by atoms with Crippen LogP contribution < -0.4 is 5.56 Å². The van der Waals surface area contributed by atoms with E-state index in [1.165, 1.54) is 6.92 Å². The first kappa shape index (κ1) is 9.39. The molecule has 0 aromatic carbocycles. The molecule has 0 unspecified atom stereocenters. The summed E-state index contributed by atoms with van der Waals surface area (Å²) in [6.07, 6.45) is -2.81. The third kappa shape index (κ3) is 1.72. The minimum atomic E-state index is -2.81. The fourth-order valence-electron chi connectivity index (χ4n) is 0.933. The predicted molar refractivity (Wildman–Crippen MR) is 41.5 cm³/mol. The Morgan fingerprint density at radius 2 is 2.23 bits per heavy atom. The Morgan fingerprint density at radius 1 is 1.62 bits per heavy atom. The molecule has 0 aliphatic heterocycles. The summed E-state index contributed by atoms with van der Waals surface area (Å²) in [5.74, 6) is 0. The van der Waals surface area contributed by atoms with Gasteiger partial charge in [-0.25, -0.2) is 8.78 Å². The van der Waals surface area contributed by atoms with Gasteiger partial charge < -0.3 is 4.98 Å². The van der Waals surface area contributed by atoms with Crippen LogP contribution in [0.15, 0.2) is 10.9 Å². The maximum atomic E-state index is 12.1. The van der Waals surface area contributed by atoms with Crippen LogP contribution in [-0.2, 0) is 0 Å². The number of nitrogens with one attached hydrogen (secondary N) is 1. The van der Waals surface area contributed by atoms with Gasteiger partial charge in [-0.2, -0.15) is 5.26 Å². The van der Waals surface area contributed by atoms with E-state index in [1.807, 2.05) is 0 Å². The summed E-state index contributed by atoms with van der Waals surface area (Å²) >= 11 is 0. The second-order valence-corrected chi connectivity index (χ2v) is 2.52. The third-order valence-corrected chi connectivity index (χ3v) is 1.61. The molecule has 0 aliphatic rings. The van der Waals surface area contributed by atoms with Crippen molar-refractivity contribution in [1.29, 1.82) is 5.26 Å². The van der Waals surface area contributed by atoms with Gasteiger partial charge in [0, 0.05) is 0 Å². The Balaban J connectivity index is 3.40. The van der Waals surface area contributed by atoms with Gasteiger partial charge in [-0.1, -0.05) is 0 Å². The quantitative estimate of drug-likeness (QED) is 0.718. The van der Waals surface area contributed by atoms with E-state index in [9.17, 15) is 13.6 Å². The molecule has 0 fully saturated rings. The van der Waals surface area contributed by atoms with Crippen molar-refractivity contribution >= 4 is 0 Å². The number of nitriles is 1. The highest BCUT2D eigenvalue weighted by Gasteiger charge is 2.13. The lowest BCUT2D eigenvalue weighted by molar-refractivity contribution is 0.149. The summed E-state index contributed by atoms with van der Waals surface area (Å²) in [4.78, 5) is 13.0. The Bertz CT molecular complexity index is 417. The van der Waals surface area contributed by atoms with E-state index in [0.717, 1.165) is 6.07 Å². The Morgan fingerprint density at radius 3 is 2.69 bits per heavy atom. The fraction of sp³-hybridized carbons (Fsp3) is 0.250. The van der Waals surface area contributed by atoms with E-state index in [0.29, 0.717) is 5.56 Å². The third-order valence-electron chi connectivity index (χ3n) is 1.61. The van der Waals surface area contributed by atoms with Crippen LogP contribution in [-0.4, -0.2) is 4.98 Å². The molecule has 1 aromatic rings. The molecule has 1 aromatic heterocycles. The number of aromatic amines is 1. The summed E-state index contributed by atoms with van der Waals surface area (Å²) in [6.45, 7) is 1.49. The van der Waals surface area contributed by atoms with Crippen molar-refractivity contribution in [1.82, 2.24) is 4.98 Å². The largest absolute Gasteiger partial charge is 0.313 e. The van der Waals surface area contributed by atoms with Crippen molar-refractivity contribution in [2.75, 3.05) is 0 Å². The maximum absolute atomic E-state index is 12.1. The highest BCUT2D eigenvalue weighted by Crippen LogP contribution is 2.15. The summed E-state index contributed by atoms with van der Waals surface area (Å²) in [5, 5.41) is 8.46. The van der Waals surface area contributed by atoms with Crippen LogP contribution in [0.5, 0.6) is 0 Å². The monoisotopic (exact) mass is 184 g/mol. The van der Waals surface area contributed by atoms with Crippen LogP contribution in [0.3, 0.4) is 0 Å². The summed E-state index contributed by atoms with van der Waals surface area (Å²) in [7, 11) is 0. The van der Waals surface area contributed by atoms with E-state index in [-0.39, 0.29) is 5.69 Å². The molecule has 1 rings (SSSR count). The maximum Gasteiger partial charge on any atom is 0.269 e. The van der Waals surface area contributed by atoms with Gasteiger partial charge in [-0.3, -0.25) is 4.79 Å². The van der Waals surface area contributed by atoms with Crippen LogP contribution in [0, 0.1) is 18.3 Å². The summed E-state index contributed by atoms with van der Waals surface area (Å²) in [6, 6.07) is 2.73. The van der Waals surface area contributed by atoms with E-state index in [2.05, 4.69) is 4.98 Å². The lowest BCUT2D eigenvalue weighted by atomic mass is 10.1.